The van der Waals surface area contributed by atoms with E-state index in [0.717, 1.165) is 50.8 Å². The molecule has 1 N–H and O–H groups in total. The van der Waals surface area contributed by atoms with Crippen molar-refractivity contribution in [1.29, 1.82) is 0 Å². The van der Waals surface area contributed by atoms with E-state index >= 15 is 0 Å². The van der Waals surface area contributed by atoms with E-state index in [0.29, 0.717) is 17.5 Å². The molecule has 0 aliphatic carbocycles. The van der Waals surface area contributed by atoms with Gasteiger partial charge in [0, 0.05) is 6.04 Å². The second kappa shape index (κ2) is 7.91. The quantitative estimate of drug-likeness (QED) is 0.516. The van der Waals surface area contributed by atoms with Crippen LogP contribution < -0.4 is 4.74 Å². The van der Waals surface area contributed by atoms with Crippen LogP contribution in [0.1, 0.15) is 37.2 Å². The van der Waals surface area contributed by atoms with E-state index in [1.165, 1.54) is 12.7 Å². The summed E-state index contributed by atoms with van der Waals surface area (Å²) in [4.78, 5) is 14.4. The average molecular weight is 345 g/mol. The summed E-state index contributed by atoms with van der Waals surface area (Å²) in [5, 5.41) is 9.48. The first-order valence-corrected chi connectivity index (χ1v) is 8.97. The van der Waals surface area contributed by atoms with Gasteiger partial charge in [0.25, 0.3) is 0 Å². The normalized spacial score (nSPS) is 27.4. The number of ether oxygens (including phenoxy) is 2. The topological polar surface area (TPSA) is 59.0 Å². The van der Waals surface area contributed by atoms with Crippen LogP contribution in [0.3, 0.4) is 0 Å². The van der Waals surface area contributed by atoms with Crippen molar-refractivity contribution in [3.05, 3.63) is 41.7 Å². The maximum Gasteiger partial charge on any atom is 0.337 e. The Kier molecular flexibility index (Phi) is 5.63. The Morgan fingerprint density at radius 3 is 2.68 bits per heavy atom. The highest BCUT2D eigenvalue weighted by atomic mass is 16.5. The Labute approximate surface area is 149 Å². The third-order valence-corrected chi connectivity index (χ3v) is 5.74. The van der Waals surface area contributed by atoms with E-state index < -0.39 is 5.97 Å². The van der Waals surface area contributed by atoms with E-state index in [2.05, 4.69) is 17.0 Å². The monoisotopic (exact) mass is 345 g/mol. The minimum atomic E-state index is -0.418. The number of piperidine rings is 2. The summed E-state index contributed by atoms with van der Waals surface area (Å²) in [6.07, 6.45) is 4.88. The van der Waals surface area contributed by atoms with Crippen molar-refractivity contribution in [2.75, 3.05) is 27.3 Å². The van der Waals surface area contributed by atoms with Crippen LogP contribution in [0.15, 0.2) is 36.1 Å². The standard InChI is InChI=1S/C20H27NO4/c1-24-19-6-4-3-5-17(19)14-7-9-21-10-8-15(12-16(21)11-14)18(13-22)20(23)25-2/h3-6,13-16,22H,7-12H2,1-2H3. The summed E-state index contributed by atoms with van der Waals surface area (Å²) in [5.41, 5.74) is 1.68. The number of esters is 1. The van der Waals surface area contributed by atoms with Gasteiger partial charge in [-0.2, -0.15) is 0 Å². The Hall–Kier alpha value is -2.01. The molecule has 2 saturated heterocycles. The summed E-state index contributed by atoms with van der Waals surface area (Å²) < 4.78 is 10.4. The van der Waals surface area contributed by atoms with E-state index in [9.17, 15) is 9.90 Å². The van der Waals surface area contributed by atoms with Crippen molar-refractivity contribution in [2.45, 2.75) is 37.6 Å². The summed E-state index contributed by atoms with van der Waals surface area (Å²) >= 11 is 0. The second-order valence-corrected chi connectivity index (χ2v) is 6.95. The van der Waals surface area contributed by atoms with Crippen LogP contribution in [-0.2, 0) is 9.53 Å². The molecule has 136 valence electrons. The zero-order valence-corrected chi connectivity index (χ0v) is 15.0. The molecule has 3 rings (SSSR count). The molecule has 0 bridgehead atoms. The van der Waals surface area contributed by atoms with Crippen LogP contribution in [0.25, 0.3) is 0 Å². The Balaban J connectivity index is 1.73. The van der Waals surface area contributed by atoms with Gasteiger partial charge in [-0.15, -0.1) is 0 Å². The Bertz CT molecular complexity index is 642. The number of hydrogen-bond donors (Lipinski definition) is 1. The highest BCUT2D eigenvalue weighted by molar-refractivity contribution is 5.88. The molecule has 0 radical (unpaired) electrons. The average Bonchev–Trinajstić information content (AvgIpc) is 2.67. The molecular formula is C20H27NO4. The van der Waals surface area contributed by atoms with Gasteiger partial charge in [0.15, 0.2) is 0 Å². The minimum absolute atomic E-state index is 0.0649. The van der Waals surface area contributed by atoms with Crippen molar-refractivity contribution in [1.82, 2.24) is 4.90 Å². The van der Waals surface area contributed by atoms with Gasteiger partial charge < -0.3 is 19.5 Å². The number of carbonyl (C=O) groups excluding carboxylic acids is 1. The molecule has 5 nitrogen and oxygen atoms in total. The Morgan fingerprint density at radius 1 is 1.20 bits per heavy atom. The summed E-state index contributed by atoms with van der Waals surface area (Å²) in [6, 6.07) is 8.67. The summed E-state index contributed by atoms with van der Waals surface area (Å²) in [7, 11) is 3.08. The molecule has 0 spiro atoms. The van der Waals surface area contributed by atoms with E-state index in [1.54, 1.807) is 7.11 Å². The first-order chi connectivity index (χ1) is 12.2. The number of hydrogen-bond acceptors (Lipinski definition) is 5. The fourth-order valence-electron chi connectivity index (χ4n) is 4.42. The summed E-state index contributed by atoms with van der Waals surface area (Å²) in [6.45, 7) is 2.03. The molecule has 1 aromatic rings. The summed E-state index contributed by atoms with van der Waals surface area (Å²) in [5.74, 6) is 1.07. The lowest BCUT2D eigenvalue weighted by Crippen LogP contribution is -2.47. The fraction of sp³-hybridized carbons (Fsp3) is 0.550. The molecule has 3 atom stereocenters. The van der Waals surface area contributed by atoms with Gasteiger partial charge in [0.2, 0.25) is 0 Å². The molecule has 0 saturated carbocycles. The zero-order valence-electron chi connectivity index (χ0n) is 15.0. The molecule has 0 aromatic heterocycles. The number of methoxy groups -OCH3 is 2. The van der Waals surface area contributed by atoms with Crippen molar-refractivity contribution in [2.24, 2.45) is 5.92 Å². The zero-order chi connectivity index (χ0) is 17.8. The van der Waals surface area contributed by atoms with Crippen LogP contribution >= 0.6 is 0 Å². The molecule has 1 aromatic carbocycles. The van der Waals surface area contributed by atoms with Crippen LogP contribution in [0.2, 0.25) is 0 Å². The lowest BCUT2D eigenvalue weighted by atomic mass is 9.77. The molecule has 25 heavy (non-hydrogen) atoms. The van der Waals surface area contributed by atoms with Crippen molar-refractivity contribution in [3.8, 4) is 5.75 Å². The number of rotatable bonds is 4. The van der Waals surface area contributed by atoms with Gasteiger partial charge >= 0.3 is 5.97 Å². The number of fused-ring (bicyclic) bond motifs is 1. The van der Waals surface area contributed by atoms with Gasteiger partial charge in [-0.05, 0) is 62.2 Å². The molecule has 2 heterocycles. The van der Waals surface area contributed by atoms with Crippen LogP contribution in [0, 0.1) is 5.92 Å². The van der Waals surface area contributed by atoms with Gasteiger partial charge in [-0.1, -0.05) is 18.2 Å². The first kappa shape index (κ1) is 17.8. The third-order valence-electron chi connectivity index (χ3n) is 5.74. The van der Waals surface area contributed by atoms with E-state index in [-0.39, 0.29) is 5.92 Å². The lowest BCUT2D eigenvalue weighted by molar-refractivity contribution is -0.137. The fourth-order valence-corrected chi connectivity index (χ4v) is 4.42. The van der Waals surface area contributed by atoms with Crippen molar-refractivity contribution in [3.63, 3.8) is 0 Å². The molecule has 0 amide bonds. The van der Waals surface area contributed by atoms with Crippen LogP contribution in [-0.4, -0.2) is 49.3 Å². The molecular weight excluding hydrogens is 318 g/mol. The van der Waals surface area contributed by atoms with Crippen LogP contribution in [0.5, 0.6) is 5.75 Å². The number of carbonyl (C=O) groups is 1. The predicted octanol–water partition coefficient (Wildman–Crippen LogP) is 3.27. The van der Waals surface area contributed by atoms with Gasteiger partial charge in [-0.3, -0.25) is 0 Å². The predicted molar refractivity (Wildman–Crippen MR) is 95.8 cm³/mol. The molecule has 2 fully saturated rings. The maximum absolute atomic E-state index is 11.9. The number of para-hydroxylation sites is 1. The number of aliphatic hydroxyl groups is 1. The Morgan fingerprint density at radius 2 is 1.96 bits per heavy atom. The SMILES string of the molecule is COC(=O)C(=CO)C1CCN2CCC(c3ccccc3OC)CC2C1. The smallest absolute Gasteiger partial charge is 0.337 e. The molecule has 2 aliphatic heterocycles. The highest BCUT2D eigenvalue weighted by Crippen LogP contribution is 2.41. The molecule has 3 unspecified atom stereocenters. The van der Waals surface area contributed by atoms with E-state index in [4.69, 9.17) is 9.47 Å². The number of nitrogens with zero attached hydrogens (tertiary/aromatic N) is 1. The van der Waals surface area contributed by atoms with E-state index in [1.807, 2.05) is 12.1 Å². The molecule has 2 aliphatic rings. The minimum Gasteiger partial charge on any atom is -0.515 e. The maximum atomic E-state index is 11.9. The number of benzene rings is 1. The first-order valence-electron chi connectivity index (χ1n) is 8.97. The van der Waals surface area contributed by atoms with Gasteiger partial charge in [-0.25, -0.2) is 4.79 Å². The van der Waals surface area contributed by atoms with Gasteiger partial charge in [0.05, 0.1) is 26.1 Å². The number of aliphatic hydroxyl groups excluding tert-OH is 1. The third kappa shape index (κ3) is 3.66. The second-order valence-electron chi connectivity index (χ2n) is 6.95. The van der Waals surface area contributed by atoms with Gasteiger partial charge in [0.1, 0.15) is 5.75 Å². The highest BCUT2D eigenvalue weighted by Gasteiger charge is 2.37. The van der Waals surface area contributed by atoms with Crippen LogP contribution in [0.4, 0.5) is 0 Å². The van der Waals surface area contributed by atoms with Crippen molar-refractivity contribution < 1.29 is 19.4 Å². The molecule has 5 heteroatoms. The largest absolute Gasteiger partial charge is 0.515 e. The van der Waals surface area contributed by atoms with Crippen molar-refractivity contribution >= 4 is 5.97 Å². The lowest BCUT2D eigenvalue weighted by Gasteiger charge is -2.45.